The second-order valence-corrected chi connectivity index (χ2v) is 6.76. The Kier molecular flexibility index (Phi) is 7.58. The Hall–Kier alpha value is -2.93. The lowest BCUT2D eigenvalue weighted by Gasteiger charge is -2.30. The summed E-state index contributed by atoms with van der Waals surface area (Å²) in [5.74, 6) is 1.35. The van der Waals surface area contributed by atoms with Gasteiger partial charge in [-0.25, -0.2) is 0 Å². The van der Waals surface area contributed by atoms with Gasteiger partial charge in [-0.15, -0.1) is 0 Å². The first kappa shape index (κ1) is 20.8. The fraction of sp³-hybridized carbons (Fsp3) is 0.409. The van der Waals surface area contributed by atoms with E-state index in [-0.39, 0.29) is 12.5 Å². The maximum absolute atomic E-state index is 12.3. The summed E-state index contributed by atoms with van der Waals surface area (Å²) in [6.07, 6.45) is 0.719. The first-order valence-corrected chi connectivity index (χ1v) is 9.84. The number of anilines is 2. The Bertz CT molecular complexity index is 806. The monoisotopic (exact) mass is 399 g/mol. The van der Waals surface area contributed by atoms with Crippen LogP contribution in [0.4, 0.5) is 11.4 Å². The highest BCUT2D eigenvalue weighted by Gasteiger charge is 2.14. The van der Waals surface area contributed by atoms with Crippen molar-refractivity contribution in [2.45, 2.75) is 6.42 Å². The molecule has 1 fully saturated rings. The number of hydrogen-bond donors (Lipinski definition) is 2. The zero-order valence-electron chi connectivity index (χ0n) is 17.1. The fourth-order valence-electron chi connectivity index (χ4n) is 3.32. The average molecular weight is 399 g/mol. The van der Waals surface area contributed by atoms with Gasteiger partial charge in [0.1, 0.15) is 0 Å². The average Bonchev–Trinajstić information content (AvgIpc) is 2.78. The molecule has 0 saturated carbocycles. The van der Waals surface area contributed by atoms with Gasteiger partial charge < -0.3 is 29.7 Å². The van der Waals surface area contributed by atoms with Crippen molar-refractivity contribution in [2.24, 2.45) is 0 Å². The number of hydrogen-bond acceptors (Lipinski definition) is 6. The normalized spacial score (nSPS) is 13.7. The van der Waals surface area contributed by atoms with Crippen LogP contribution in [0, 0.1) is 0 Å². The molecule has 1 amide bonds. The summed E-state index contributed by atoms with van der Waals surface area (Å²) in [5, 5.41) is 6.22. The highest BCUT2D eigenvalue weighted by Crippen LogP contribution is 2.28. The van der Waals surface area contributed by atoms with Crippen LogP contribution in [0.15, 0.2) is 42.5 Å². The lowest BCUT2D eigenvalue weighted by Crippen LogP contribution is -2.37. The highest BCUT2D eigenvalue weighted by molar-refractivity contribution is 5.82. The minimum absolute atomic E-state index is 0.0396. The third kappa shape index (κ3) is 5.77. The Morgan fingerprint density at radius 2 is 1.83 bits per heavy atom. The number of para-hydroxylation sites is 2. The standard InChI is InChI=1S/C22H29N3O4/c1-27-20-8-7-17(15-21(20)28-2)9-10-23-22(26)16-24-18-5-3-4-6-19(18)25-11-13-29-14-12-25/h3-8,15,24H,9-14,16H2,1-2H3,(H,23,26). The Morgan fingerprint density at radius 3 is 2.59 bits per heavy atom. The van der Waals surface area contributed by atoms with Gasteiger partial charge in [0.25, 0.3) is 0 Å². The fourth-order valence-corrected chi connectivity index (χ4v) is 3.32. The molecular weight excluding hydrogens is 370 g/mol. The smallest absolute Gasteiger partial charge is 0.239 e. The quantitative estimate of drug-likeness (QED) is 0.674. The number of nitrogens with one attached hydrogen (secondary N) is 2. The van der Waals surface area contributed by atoms with E-state index in [2.05, 4.69) is 21.6 Å². The molecule has 0 bridgehead atoms. The zero-order valence-corrected chi connectivity index (χ0v) is 17.1. The van der Waals surface area contributed by atoms with Crippen molar-refractivity contribution in [3.05, 3.63) is 48.0 Å². The molecule has 7 nitrogen and oxygen atoms in total. The maximum Gasteiger partial charge on any atom is 0.239 e. The highest BCUT2D eigenvalue weighted by atomic mass is 16.5. The molecule has 0 unspecified atom stereocenters. The number of ether oxygens (including phenoxy) is 3. The van der Waals surface area contributed by atoms with Gasteiger partial charge in [0.2, 0.25) is 5.91 Å². The summed E-state index contributed by atoms with van der Waals surface area (Å²) in [6.45, 7) is 3.96. The van der Waals surface area contributed by atoms with Gasteiger partial charge in [0.15, 0.2) is 11.5 Å². The molecule has 156 valence electrons. The van der Waals surface area contributed by atoms with Crippen LogP contribution < -0.4 is 25.0 Å². The van der Waals surface area contributed by atoms with Crippen LogP contribution >= 0.6 is 0 Å². The third-order valence-corrected chi connectivity index (χ3v) is 4.88. The number of amides is 1. The van der Waals surface area contributed by atoms with E-state index in [1.807, 2.05) is 36.4 Å². The van der Waals surface area contributed by atoms with Crippen LogP contribution in [-0.4, -0.2) is 59.5 Å². The van der Waals surface area contributed by atoms with E-state index in [0.717, 1.165) is 49.7 Å². The molecule has 0 radical (unpaired) electrons. The minimum atomic E-state index is -0.0396. The number of morpholine rings is 1. The van der Waals surface area contributed by atoms with Crippen LogP contribution in [0.5, 0.6) is 11.5 Å². The van der Waals surface area contributed by atoms with Crippen LogP contribution in [0.2, 0.25) is 0 Å². The number of rotatable bonds is 9. The molecule has 7 heteroatoms. The van der Waals surface area contributed by atoms with Crippen LogP contribution in [0.1, 0.15) is 5.56 Å². The molecule has 29 heavy (non-hydrogen) atoms. The number of methoxy groups -OCH3 is 2. The lowest BCUT2D eigenvalue weighted by molar-refractivity contribution is -0.119. The van der Waals surface area contributed by atoms with Crippen LogP contribution in [0.25, 0.3) is 0 Å². The molecule has 0 aliphatic carbocycles. The second kappa shape index (κ2) is 10.6. The Balaban J connectivity index is 1.47. The van der Waals surface area contributed by atoms with Gasteiger partial charge in [-0.3, -0.25) is 4.79 Å². The van der Waals surface area contributed by atoms with E-state index in [4.69, 9.17) is 14.2 Å². The largest absolute Gasteiger partial charge is 0.493 e. The van der Waals surface area contributed by atoms with E-state index in [1.54, 1.807) is 14.2 Å². The van der Waals surface area contributed by atoms with E-state index in [0.29, 0.717) is 18.0 Å². The topological polar surface area (TPSA) is 72.1 Å². The van der Waals surface area contributed by atoms with E-state index >= 15 is 0 Å². The van der Waals surface area contributed by atoms with Crippen molar-refractivity contribution >= 4 is 17.3 Å². The number of benzene rings is 2. The van der Waals surface area contributed by atoms with Crippen molar-refractivity contribution in [1.82, 2.24) is 5.32 Å². The first-order valence-electron chi connectivity index (χ1n) is 9.84. The van der Waals surface area contributed by atoms with Crippen LogP contribution in [-0.2, 0) is 16.0 Å². The molecule has 2 aromatic rings. The molecular formula is C22H29N3O4. The SMILES string of the molecule is COc1ccc(CCNC(=O)CNc2ccccc2N2CCOCC2)cc1OC. The van der Waals surface area contributed by atoms with Gasteiger partial charge >= 0.3 is 0 Å². The van der Waals surface area contributed by atoms with Gasteiger partial charge in [0, 0.05) is 19.6 Å². The number of carbonyl (C=O) groups excluding carboxylic acids is 1. The predicted molar refractivity (Wildman–Crippen MR) is 114 cm³/mol. The third-order valence-electron chi connectivity index (χ3n) is 4.88. The zero-order chi connectivity index (χ0) is 20.5. The van der Waals surface area contributed by atoms with Crippen molar-refractivity contribution < 1.29 is 19.0 Å². The van der Waals surface area contributed by atoms with Gasteiger partial charge in [-0.05, 0) is 36.2 Å². The molecule has 0 aromatic heterocycles. The molecule has 0 spiro atoms. The van der Waals surface area contributed by atoms with E-state index in [9.17, 15) is 4.79 Å². The first-order chi connectivity index (χ1) is 14.2. The van der Waals surface area contributed by atoms with Crippen molar-refractivity contribution in [1.29, 1.82) is 0 Å². The number of carbonyl (C=O) groups is 1. The summed E-state index contributed by atoms with van der Waals surface area (Å²) >= 11 is 0. The summed E-state index contributed by atoms with van der Waals surface area (Å²) in [6, 6.07) is 13.8. The summed E-state index contributed by atoms with van der Waals surface area (Å²) < 4.78 is 16.0. The Labute approximate surface area is 171 Å². The van der Waals surface area contributed by atoms with E-state index in [1.165, 1.54) is 0 Å². The molecule has 1 heterocycles. The van der Waals surface area contributed by atoms with Crippen molar-refractivity contribution in [2.75, 3.05) is 63.8 Å². The van der Waals surface area contributed by atoms with Crippen LogP contribution in [0.3, 0.4) is 0 Å². The number of nitrogens with zero attached hydrogens (tertiary/aromatic N) is 1. The molecule has 1 aliphatic rings. The molecule has 3 rings (SSSR count). The van der Waals surface area contributed by atoms with Crippen molar-refractivity contribution in [3.63, 3.8) is 0 Å². The summed E-state index contributed by atoms with van der Waals surface area (Å²) in [4.78, 5) is 14.5. The maximum atomic E-state index is 12.3. The minimum Gasteiger partial charge on any atom is -0.493 e. The van der Waals surface area contributed by atoms with E-state index < -0.39 is 0 Å². The molecule has 0 atom stereocenters. The molecule has 1 saturated heterocycles. The molecule has 1 aliphatic heterocycles. The predicted octanol–water partition coefficient (Wildman–Crippen LogP) is 2.31. The van der Waals surface area contributed by atoms with Crippen molar-refractivity contribution in [3.8, 4) is 11.5 Å². The lowest BCUT2D eigenvalue weighted by atomic mass is 10.1. The van der Waals surface area contributed by atoms with Gasteiger partial charge in [-0.2, -0.15) is 0 Å². The van der Waals surface area contributed by atoms with Gasteiger partial charge in [0.05, 0.1) is 45.4 Å². The summed E-state index contributed by atoms with van der Waals surface area (Å²) in [7, 11) is 3.23. The van der Waals surface area contributed by atoms with Gasteiger partial charge in [-0.1, -0.05) is 18.2 Å². The molecule has 2 aromatic carbocycles. The Morgan fingerprint density at radius 1 is 1.07 bits per heavy atom. The second-order valence-electron chi connectivity index (χ2n) is 6.76. The summed E-state index contributed by atoms with van der Waals surface area (Å²) in [5.41, 5.74) is 3.15. The molecule has 2 N–H and O–H groups in total.